The highest BCUT2D eigenvalue weighted by Gasteiger charge is 2.35. The highest BCUT2D eigenvalue weighted by atomic mass is 16.3. The van der Waals surface area contributed by atoms with Crippen molar-refractivity contribution >= 4 is 5.91 Å². The van der Waals surface area contributed by atoms with Gasteiger partial charge < -0.3 is 10.0 Å². The molecule has 1 N–H and O–H groups in total. The van der Waals surface area contributed by atoms with Crippen LogP contribution in [0.2, 0.25) is 0 Å². The Balaban J connectivity index is 1.77. The SMILES string of the molecule is CCC(C)n1ncc(C(=O)N2CCC(C(C)O)CC2)c1C1CC1. The lowest BCUT2D eigenvalue weighted by molar-refractivity contribution is 0.0520. The smallest absolute Gasteiger partial charge is 0.257 e. The van der Waals surface area contributed by atoms with Gasteiger partial charge in [-0.1, -0.05) is 6.92 Å². The molecule has 0 spiro atoms. The lowest BCUT2D eigenvalue weighted by Gasteiger charge is -2.33. The summed E-state index contributed by atoms with van der Waals surface area (Å²) in [6, 6.07) is 0.341. The van der Waals surface area contributed by atoms with Crippen LogP contribution in [-0.2, 0) is 0 Å². The van der Waals surface area contributed by atoms with E-state index in [1.807, 2.05) is 11.8 Å². The van der Waals surface area contributed by atoms with Gasteiger partial charge in [0.2, 0.25) is 0 Å². The maximum absolute atomic E-state index is 13.0. The van der Waals surface area contributed by atoms with Gasteiger partial charge in [-0.25, -0.2) is 0 Å². The van der Waals surface area contributed by atoms with Crippen molar-refractivity contribution in [3.05, 3.63) is 17.5 Å². The fourth-order valence-electron chi connectivity index (χ4n) is 3.58. The molecular formula is C18H29N3O2. The van der Waals surface area contributed by atoms with Crippen molar-refractivity contribution < 1.29 is 9.90 Å². The second-order valence-electron chi connectivity index (χ2n) is 7.29. The number of hydrogen-bond acceptors (Lipinski definition) is 3. The minimum atomic E-state index is -0.276. The molecule has 0 radical (unpaired) electrons. The van der Waals surface area contributed by atoms with Gasteiger partial charge in [0.1, 0.15) is 0 Å². The van der Waals surface area contributed by atoms with E-state index in [4.69, 9.17) is 0 Å². The van der Waals surface area contributed by atoms with Gasteiger partial charge in [-0.15, -0.1) is 0 Å². The molecule has 1 aliphatic carbocycles. The van der Waals surface area contributed by atoms with Gasteiger partial charge in [-0.2, -0.15) is 5.10 Å². The topological polar surface area (TPSA) is 58.4 Å². The summed E-state index contributed by atoms with van der Waals surface area (Å²) in [6.45, 7) is 7.66. The molecule has 1 aliphatic heterocycles. The highest BCUT2D eigenvalue weighted by molar-refractivity contribution is 5.95. The molecule has 2 heterocycles. The van der Waals surface area contributed by atoms with Crippen LogP contribution >= 0.6 is 0 Å². The minimum absolute atomic E-state index is 0.130. The van der Waals surface area contributed by atoms with Crippen molar-refractivity contribution in [2.24, 2.45) is 5.92 Å². The molecule has 2 unspecified atom stereocenters. The van der Waals surface area contributed by atoms with E-state index in [2.05, 4.69) is 23.6 Å². The Morgan fingerprint density at radius 2 is 1.96 bits per heavy atom. The van der Waals surface area contributed by atoms with Gasteiger partial charge in [0, 0.05) is 25.0 Å². The molecule has 3 rings (SSSR count). The van der Waals surface area contributed by atoms with Crippen LogP contribution in [0, 0.1) is 5.92 Å². The summed E-state index contributed by atoms with van der Waals surface area (Å²) in [7, 11) is 0. The molecule has 5 nitrogen and oxygen atoms in total. The lowest BCUT2D eigenvalue weighted by atomic mass is 9.92. The van der Waals surface area contributed by atoms with Crippen molar-refractivity contribution in [1.82, 2.24) is 14.7 Å². The Bertz CT molecular complexity index is 555. The molecule has 0 aromatic carbocycles. The quantitative estimate of drug-likeness (QED) is 0.908. The third-order valence-corrected chi connectivity index (χ3v) is 5.55. The Kier molecular flexibility index (Phi) is 4.76. The summed E-state index contributed by atoms with van der Waals surface area (Å²) in [6.07, 6.45) is 6.66. The molecule has 128 valence electrons. The Hall–Kier alpha value is -1.36. The van der Waals surface area contributed by atoms with Crippen LogP contribution in [0.1, 0.15) is 80.9 Å². The van der Waals surface area contributed by atoms with Gasteiger partial charge in [-0.05, 0) is 51.9 Å². The van der Waals surface area contributed by atoms with Crippen LogP contribution in [0.3, 0.4) is 0 Å². The van der Waals surface area contributed by atoms with Gasteiger partial charge in [0.25, 0.3) is 5.91 Å². The molecule has 1 aromatic heterocycles. The number of hydrogen-bond donors (Lipinski definition) is 1. The van der Waals surface area contributed by atoms with Crippen LogP contribution in [-0.4, -0.2) is 44.9 Å². The number of aliphatic hydroxyl groups excluding tert-OH is 1. The first-order chi connectivity index (χ1) is 11.0. The van der Waals surface area contributed by atoms with E-state index < -0.39 is 0 Å². The van der Waals surface area contributed by atoms with Crippen molar-refractivity contribution in [3.63, 3.8) is 0 Å². The van der Waals surface area contributed by atoms with Crippen LogP contribution in [0.4, 0.5) is 0 Å². The van der Waals surface area contributed by atoms with E-state index in [1.54, 1.807) is 6.20 Å². The lowest BCUT2D eigenvalue weighted by Crippen LogP contribution is -2.41. The van der Waals surface area contributed by atoms with E-state index in [0.29, 0.717) is 17.9 Å². The van der Waals surface area contributed by atoms with Gasteiger partial charge >= 0.3 is 0 Å². The van der Waals surface area contributed by atoms with Crippen molar-refractivity contribution in [2.45, 2.75) is 70.9 Å². The number of rotatable bonds is 5. The fourth-order valence-corrected chi connectivity index (χ4v) is 3.58. The summed E-state index contributed by atoms with van der Waals surface area (Å²) in [5.41, 5.74) is 1.96. The number of likely N-dealkylation sites (tertiary alicyclic amines) is 1. The summed E-state index contributed by atoms with van der Waals surface area (Å²) >= 11 is 0. The minimum Gasteiger partial charge on any atom is -0.393 e. The van der Waals surface area contributed by atoms with Crippen LogP contribution < -0.4 is 0 Å². The third kappa shape index (κ3) is 3.30. The van der Waals surface area contributed by atoms with Crippen LogP contribution in [0.5, 0.6) is 0 Å². The standard InChI is InChI=1S/C18H29N3O2/c1-4-12(2)21-17(15-5-6-15)16(11-19-21)18(23)20-9-7-14(8-10-20)13(3)22/h11-15,22H,4-10H2,1-3H3. The molecule has 2 aliphatic rings. The second kappa shape index (κ2) is 6.63. The van der Waals surface area contributed by atoms with E-state index >= 15 is 0 Å². The zero-order valence-corrected chi connectivity index (χ0v) is 14.5. The molecule has 23 heavy (non-hydrogen) atoms. The predicted octanol–water partition coefficient (Wildman–Crippen LogP) is 2.96. The zero-order chi connectivity index (χ0) is 16.6. The number of aromatic nitrogens is 2. The van der Waals surface area contributed by atoms with Crippen molar-refractivity contribution in [1.29, 1.82) is 0 Å². The first kappa shape index (κ1) is 16.5. The summed E-state index contributed by atoms with van der Waals surface area (Å²) in [4.78, 5) is 14.9. The second-order valence-corrected chi connectivity index (χ2v) is 7.29. The molecular weight excluding hydrogens is 290 g/mol. The molecule has 1 saturated heterocycles. The number of aliphatic hydroxyl groups is 1. The summed E-state index contributed by atoms with van der Waals surface area (Å²) < 4.78 is 2.08. The van der Waals surface area contributed by atoms with E-state index in [-0.39, 0.29) is 12.0 Å². The monoisotopic (exact) mass is 319 g/mol. The summed E-state index contributed by atoms with van der Waals surface area (Å²) in [5.74, 6) is 0.968. The Morgan fingerprint density at radius 1 is 1.30 bits per heavy atom. The first-order valence-corrected chi connectivity index (χ1v) is 9.07. The van der Waals surface area contributed by atoms with Gasteiger partial charge in [0.05, 0.1) is 23.6 Å². The predicted molar refractivity (Wildman–Crippen MR) is 89.5 cm³/mol. The van der Waals surface area contributed by atoms with Gasteiger partial charge in [0.15, 0.2) is 0 Å². The number of carbonyl (C=O) groups is 1. The number of amides is 1. The maximum atomic E-state index is 13.0. The number of piperidine rings is 1. The third-order valence-electron chi connectivity index (χ3n) is 5.55. The average Bonchev–Trinajstić information content (AvgIpc) is 3.31. The fraction of sp³-hybridized carbons (Fsp3) is 0.778. The van der Waals surface area contributed by atoms with Crippen LogP contribution in [0.25, 0.3) is 0 Å². The average molecular weight is 319 g/mol. The molecule has 1 saturated carbocycles. The Morgan fingerprint density at radius 3 is 2.48 bits per heavy atom. The molecule has 1 amide bonds. The summed E-state index contributed by atoms with van der Waals surface area (Å²) in [5, 5.41) is 14.3. The number of carbonyl (C=O) groups excluding carboxylic acids is 1. The first-order valence-electron chi connectivity index (χ1n) is 9.07. The van der Waals surface area contributed by atoms with Gasteiger partial charge in [-0.3, -0.25) is 9.48 Å². The normalized spacial score (nSPS) is 22.2. The number of nitrogens with zero attached hydrogens (tertiary/aromatic N) is 3. The zero-order valence-electron chi connectivity index (χ0n) is 14.5. The van der Waals surface area contributed by atoms with E-state index in [9.17, 15) is 9.90 Å². The maximum Gasteiger partial charge on any atom is 0.257 e. The van der Waals surface area contributed by atoms with Crippen molar-refractivity contribution in [2.75, 3.05) is 13.1 Å². The highest BCUT2D eigenvalue weighted by Crippen LogP contribution is 2.43. The molecule has 1 aromatic rings. The van der Waals surface area contributed by atoms with E-state index in [1.165, 1.54) is 12.8 Å². The molecule has 0 bridgehead atoms. The van der Waals surface area contributed by atoms with Crippen molar-refractivity contribution in [3.8, 4) is 0 Å². The van der Waals surface area contributed by atoms with E-state index in [0.717, 1.165) is 43.6 Å². The largest absolute Gasteiger partial charge is 0.393 e. The van der Waals surface area contributed by atoms with Crippen LogP contribution in [0.15, 0.2) is 6.20 Å². The molecule has 2 atom stereocenters. The Labute approximate surface area is 138 Å². The molecule has 5 heteroatoms. The molecule has 2 fully saturated rings.